The predicted octanol–water partition coefficient (Wildman–Crippen LogP) is 0.194. The second-order valence-corrected chi connectivity index (χ2v) is 2.22. The first-order valence-electron chi connectivity index (χ1n) is 2.88. The minimum absolute atomic E-state index is 0.0719. The highest BCUT2D eigenvalue weighted by Crippen LogP contribution is 2.08. The van der Waals surface area contributed by atoms with Gasteiger partial charge >= 0.3 is 0 Å². The summed E-state index contributed by atoms with van der Waals surface area (Å²) in [6.07, 6.45) is 1.22. The Labute approximate surface area is 53.4 Å². The Balaban J connectivity index is 2.72. The number of hydrogen-bond donors (Lipinski definition) is 2. The summed E-state index contributed by atoms with van der Waals surface area (Å²) in [5.74, 6) is 0.0482. The molecule has 1 aliphatic heterocycles. The topological polar surface area (TPSA) is 49.3 Å². The van der Waals surface area contributed by atoms with Crippen LogP contribution < -0.4 is 5.32 Å². The average Bonchev–Trinajstić information content (AvgIpc) is 1.80. The SMILES string of the molecule is CC1CNC(=O)C=C1O. The van der Waals surface area contributed by atoms with Crippen molar-refractivity contribution in [2.24, 2.45) is 5.92 Å². The van der Waals surface area contributed by atoms with E-state index in [1.807, 2.05) is 6.92 Å². The number of hydrogen-bond acceptors (Lipinski definition) is 2. The Hall–Kier alpha value is -0.990. The molecule has 0 aromatic heterocycles. The third-order valence-corrected chi connectivity index (χ3v) is 1.37. The Morgan fingerprint density at radius 3 is 3.00 bits per heavy atom. The van der Waals surface area contributed by atoms with Gasteiger partial charge in [-0.1, -0.05) is 6.92 Å². The van der Waals surface area contributed by atoms with Gasteiger partial charge in [0.25, 0.3) is 0 Å². The highest BCUT2D eigenvalue weighted by atomic mass is 16.3. The predicted molar refractivity (Wildman–Crippen MR) is 32.9 cm³/mol. The van der Waals surface area contributed by atoms with Gasteiger partial charge in [0, 0.05) is 18.5 Å². The number of rotatable bonds is 0. The summed E-state index contributed by atoms with van der Waals surface area (Å²) in [7, 11) is 0. The van der Waals surface area contributed by atoms with E-state index in [1.165, 1.54) is 6.08 Å². The van der Waals surface area contributed by atoms with Crippen molar-refractivity contribution in [3.05, 3.63) is 11.8 Å². The fourth-order valence-corrected chi connectivity index (χ4v) is 0.686. The van der Waals surface area contributed by atoms with E-state index in [9.17, 15) is 4.79 Å². The van der Waals surface area contributed by atoms with Crippen LogP contribution >= 0.6 is 0 Å². The molecule has 1 aliphatic rings. The normalized spacial score (nSPS) is 27.0. The minimum atomic E-state index is -0.203. The Morgan fingerprint density at radius 2 is 2.56 bits per heavy atom. The third kappa shape index (κ3) is 1.22. The molecule has 1 rings (SSSR count). The lowest BCUT2D eigenvalue weighted by Gasteiger charge is -2.15. The van der Waals surface area contributed by atoms with Gasteiger partial charge in [-0.15, -0.1) is 0 Å². The van der Waals surface area contributed by atoms with Crippen LogP contribution in [0.4, 0.5) is 0 Å². The Bertz CT molecular complexity index is 162. The lowest BCUT2D eigenvalue weighted by molar-refractivity contribution is -0.117. The zero-order valence-corrected chi connectivity index (χ0v) is 5.22. The van der Waals surface area contributed by atoms with Crippen LogP contribution in [0.3, 0.4) is 0 Å². The Morgan fingerprint density at radius 1 is 1.89 bits per heavy atom. The van der Waals surface area contributed by atoms with Crippen molar-refractivity contribution in [2.45, 2.75) is 6.92 Å². The maximum Gasteiger partial charge on any atom is 0.247 e. The van der Waals surface area contributed by atoms with Crippen molar-refractivity contribution < 1.29 is 9.90 Å². The van der Waals surface area contributed by atoms with Gasteiger partial charge in [-0.3, -0.25) is 4.79 Å². The molecule has 1 unspecified atom stereocenters. The monoisotopic (exact) mass is 127 g/mol. The molecule has 1 atom stereocenters. The van der Waals surface area contributed by atoms with Gasteiger partial charge < -0.3 is 10.4 Å². The highest BCUT2D eigenvalue weighted by Gasteiger charge is 2.14. The molecule has 0 aromatic carbocycles. The van der Waals surface area contributed by atoms with E-state index in [4.69, 9.17) is 5.11 Å². The number of carbonyl (C=O) groups is 1. The van der Waals surface area contributed by atoms with Gasteiger partial charge in [-0.2, -0.15) is 0 Å². The van der Waals surface area contributed by atoms with Gasteiger partial charge in [-0.25, -0.2) is 0 Å². The lowest BCUT2D eigenvalue weighted by Crippen LogP contribution is -2.32. The van der Waals surface area contributed by atoms with E-state index in [0.717, 1.165) is 0 Å². The smallest absolute Gasteiger partial charge is 0.247 e. The molecule has 0 radical (unpaired) electrons. The molecule has 3 heteroatoms. The van der Waals surface area contributed by atoms with Crippen LogP contribution in [0.5, 0.6) is 0 Å². The molecule has 9 heavy (non-hydrogen) atoms. The molecular weight excluding hydrogens is 118 g/mol. The van der Waals surface area contributed by atoms with Crippen molar-refractivity contribution in [1.29, 1.82) is 0 Å². The molecule has 0 saturated carbocycles. The second kappa shape index (κ2) is 2.09. The van der Waals surface area contributed by atoms with Gasteiger partial charge in [0.05, 0.1) is 0 Å². The largest absolute Gasteiger partial charge is 0.512 e. The van der Waals surface area contributed by atoms with Crippen molar-refractivity contribution in [1.82, 2.24) is 5.32 Å². The van der Waals surface area contributed by atoms with E-state index >= 15 is 0 Å². The van der Waals surface area contributed by atoms with Crippen LogP contribution in [-0.4, -0.2) is 17.6 Å². The first-order valence-corrected chi connectivity index (χ1v) is 2.88. The number of aliphatic hydroxyl groups is 1. The summed E-state index contributed by atoms with van der Waals surface area (Å²) in [6, 6.07) is 0. The fourth-order valence-electron chi connectivity index (χ4n) is 0.686. The van der Waals surface area contributed by atoms with Crippen LogP contribution in [0.1, 0.15) is 6.92 Å². The van der Waals surface area contributed by atoms with Crippen LogP contribution in [0.25, 0.3) is 0 Å². The van der Waals surface area contributed by atoms with Gasteiger partial charge in [0.2, 0.25) is 5.91 Å². The number of amides is 1. The number of aliphatic hydroxyl groups excluding tert-OH is 1. The summed E-state index contributed by atoms with van der Waals surface area (Å²) in [5.41, 5.74) is 0. The molecule has 0 aromatic rings. The number of nitrogens with one attached hydrogen (secondary N) is 1. The van der Waals surface area contributed by atoms with Gasteiger partial charge in [0.15, 0.2) is 0 Å². The van der Waals surface area contributed by atoms with Crippen LogP contribution in [0.2, 0.25) is 0 Å². The maximum absolute atomic E-state index is 10.5. The molecule has 0 fully saturated rings. The summed E-state index contributed by atoms with van der Waals surface area (Å²) >= 11 is 0. The van der Waals surface area contributed by atoms with Crippen molar-refractivity contribution in [2.75, 3.05) is 6.54 Å². The quantitative estimate of drug-likeness (QED) is 0.488. The molecule has 2 N–H and O–H groups in total. The second-order valence-electron chi connectivity index (χ2n) is 2.22. The van der Waals surface area contributed by atoms with E-state index in [2.05, 4.69) is 5.32 Å². The summed E-state index contributed by atoms with van der Waals surface area (Å²) in [4.78, 5) is 10.5. The van der Waals surface area contributed by atoms with E-state index < -0.39 is 0 Å². The summed E-state index contributed by atoms with van der Waals surface area (Å²) in [5, 5.41) is 11.5. The summed E-state index contributed by atoms with van der Waals surface area (Å²) in [6.45, 7) is 2.40. The lowest BCUT2D eigenvalue weighted by atomic mass is 10.1. The zero-order valence-electron chi connectivity index (χ0n) is 5.22. The Kier molecular flexibility index (Phi) is 1.42. The fraction of sp³-hybridized carbons (Fsp3) is 0.500. The molecule has 1 amide bonds. The van der Waals surface area contributed by atoms with Crippen LogP contribution in [0.15, 0.2) is 11.8 Å². The average molecular weight is 127 g/mol. The van der Waals surface area contributed by atoms with Crippen molar-refractivity contribution in [3.8, 4) is 0 Å². The van der Waals surface area contributed by atoms with Crippen molar-refractivity contribution in [3.63, 3.8) is 0 Å². The molecule has 0 aliphatic carbocycles. The standard InChI is InChI=1S/C6H9NO2/c1-4-3-7-6(9)2-5(4)8/h2,4,8H,3H2,1H3,(H,7,9). The first-order chi connectivity index (χ1) is 4.20. The number of carbonyl (C=O) groups excluding carboxylic acids is 1. The summed E-state index contributed by atoms with van der Waals surface area (Å²) < 4.78 is 0. The molecular formula is C6H9NO2. The van der Waals surface area contributed by atoms with Crippen LogP contribution in [-0.2, 0) is 4.79 Å². The minimum Gasteiger partial charge on any atom is -0.512 e. The molecule has 1 heterocycles. The molecule has 3 nitrogen and oxygen atoms in total. The maximum atomic E-state index is 10.5. The van der Waals surface area contributed by atoms with E-state index in [0.29, 0.717) is 6.54 Å². The van der Waals surface area contributed by atoms with Gasteiger partial charge in [-0.05, 0) is 0 Å². The van der Waals surface area contributed by atoms with Crippen LogP contribution in [0, 0.1) is 5.92 Å². The third-order valence-electron chi connectivity index (χ3n) is 1.37. The molecule has 0 saturated heterocycles. The first kappa shape index (κ1) is 6.13. The molecule has 0 spiro atoms. The highest BCUT2D eigenvalue weighted by molar-refractivity contribution is 5.88. The van der Waals surface area contributed by atoms with Crippen molar-refractivity contribution >= 4 is 5.91 Å². The zero-order chi connectivity index (χ0) is 6.85. The van der Waals surface area contributed by atoms with Gasteiger partial charge in [0.1, 0.15) is 5.76 Å². The van der Waals surface area contributed by atoms with E-state index in [-0.39, 0.29) is 17.6 Å². The molecule has 50 valence electrons. The molecule has 0 bridgehead atoms. The van der Waals surface area contributed by atoms with E-state index in [1.54, 1.807) is 0 Å².